The van der Waals surface area contributed by atoms with E-state index in [0.29, 0.717) is 31.3 Å². The Hall–Kier alpha value is -3.10. The standard InChI is InChI=1S/C23H30N4O5/c1-15-22(31)25-23-24-19-10-9-18(12-16(19)13-26(15)23)32-11-5-8-20(28)27(14-21(29)30)17-6-3-2-4-7-17/h9-10,12,15,17H,2-8,11,13-14H2,1H3,(H,29,30)(H,24,25,31). The largest absolute Gasteiger partial charge is 0.494 e. The van der Waals surface area contributed by atoms with Crippen LogP contribution in [-0.2, 0) is 20.9 Å². The molecule has 0 bridgehead atoms. The van der Waals surface area contributed by atoms with E-state index in [1.54, 1.807) is 4.90 Å². The molecule has 32 heavy (non-hydrogen) atoms. The zero-order valence-electron chi connectivity index (χ0n) is 18.4. The molecule has 1 atom stereocenters. The molecule has 4 rings (SSSR count). The Balaban J connectivity index is 1.29. The molecule has 1 aromatic carbocycles. The first-order valence-electron chi connectivity index (χ1n) is 11.4. The molecule has 2 heterocycles. The van der Waals surface area contributed by atoms with Gasteiger partial charge in [-0.3, -0.25) is 19.7 Å². The fourth-order valence-electron chi connectivity index (χ4n) is 4.62. The molecule has 0 spiro atoms. The lowest BCUT2D eigenvalue weighted by Gasteiger charge is -2.33. The van der Waals surface area contributed by atoms with Crippen molar-refractivity contribution in [3.63, 3.8) is 0 Å². The topological polar surface area (TPSA) is 112 Å². The number of fused-ring (bicyclic) bond motifs is 2. The van der Waals surface area contributed by atoms with Crippen LogP contribution in [0.25, 0.3) is 0 Å². The van der Waals surface area contributed by atoms with Crippen molar-refractivity contribution in [2.75, 3.05) is 13.2 Å². The van der Waals surface area contributed by atoms with Gasteiger partial charge in [0.05, 0.1) is 12.3 Å². The lowest BCUT2D eigenvalue weighted by Crippen LogP contribution is -2.44. The smallest absolute Gasteiger partial charge is 0.323 e. The van der Waals surface area contributed by atoms with Gasteiger partial charge in [-0.1, -0.05) is 19.3 Å². The molecule has 2 N–H and O–H groups in total. The third-order valence-electron chi connectivity index (χ3n) is 6.42. The highest BCUT2D eigenvalue weighted by Gasteiger charge is 2.36. The Kier molecular flexibility index (Phi) is 6.62. The minimum Gasteiger partial charge on any atom is -0.494 e. The maximum absolute atomic E-state index is 12.7. The van der Waals surface area contributed by atoms with Crippen LogP contribution in [0, 0.1) is 0 Å². The molecule has 1 saturated heterocycles. The first-order valence-corrected chi connectivity index (χ1v) is 11.4. The minimum atomic E-state index is -0.968. The molecule has 1 unspecified atom stereocenters. The van der Waals surface area contributed by atoms with Crippen LogP contribution in [0.5, 0.6) is 5.75 Å². The maximum Gasteiger partial charge on any atom is 0.323 e. The van der Waals surface area contributed by atoms with Gasteiger partial charge >= 0.3 is 5.97 Å². The van der Waals surface area contributed by atoms with Crippen molar-refractivity contribution in [1.29, 1.82) is 0 Å². The van der Waals surface area contributed by atoms with Gasteiger partial charge in [-0.2, -0.15) is 0 Å². The molecule has 1 aromatic rings. The van der Waals surface area contributed by atoms with E-state index >= 15 is 0 Å². The van der Waals surface area contributed by atoms with Crippen LogP contribution in [0.1, 0.15) is 57.4 Å². The van der Waals surface area contributed by atoms with Crippen LogP contribution in [0.3, 0.4) is 0 Å². The normalized spacial score (nSPS) is 20.2. The van der Waals surface area contributed by atoms with Gasteiger partial charge in [0, 0.05) is 24.6 Å². The summed E-state index contributed by atoms with van der Waals surface area (Å²) in [5.74, 6) is 0.143. The molecular formula is C23H30N4O5. The van der Waals surface area contributed by atoms with E-state index in [-0.39, 0.29) is 36.9 Å². The van der Waals surface area contributed by atoms with E-state index in [9.17, 15) is 19.5 Å². The zero-order chi connectivity index (χ0) is 22.7. The number of hydrogen-bond acceptors (Lipinski definition) is 6. The van der Waals surface area contributed by atoms with Gasteiger partial charge < -0.3 is 19.6 Å². The summed E-state index contributed by atoms with van der Waals surface area (Å²) >= 11 is 0. The number of nitrogens with zero attached hydrogens (tertiary/aromatic N) is 3. The van der Waals surface area contributed by atoms with Crippen LogP contribution in [0.4, 0.5) is 5.69 Å². The first kappa shape index (κ1) is 22.1. The van der Waals surface area contributed by atoms with Crippen LogP contribution in [0.2, 0.25) is 0 Å². The highest BCUT2D eigenvalue weighted by molar-refractivity contribution is 6.07. The van der Waals surface area contributed by atoms with Gasteiger partial charge in [-0.25, -0.2) is 4.99 Å². The van der Waals surface area contributed by atoms with E-state index < -0.39 is 5.97 Å². The van der Waals surface area contributed by atoms with Crippen molar-refractivity contribution < 1.29 is 24.2 Å². The van der Waals surface area contributed by atoms with E-state index in [2.05, 4.69) is 10.3 Å². The summed E-state index contributed by atoms with van der Waals surface area (Å²) in [5, 5.41) is 12.0. The van der Waals surface area contributed by atoms with Crippen LogP contribution in [-0.4, -0.2) is 63.9 Å². The van der Waals surface area contributed by atoms with Crippen molar-refractivity contribution in [2.24, 2.45) is 4.99 Å². The quantitative estimate of drug-likeness (QED) is 0.598. The zero-order valence-corrected chi connectivity index (χ0v) is 18.4. The molecule has 9 nitrogen and oxygen atoms in total. The second-order valence-corrected chi connectivity index (χ2v) is 8.68. The number of carboxylic acid groups (broad SMARTS) is 1. The number of nitrogens with one attached hydrogen (secondary N) is 1. The molecule has 1 saturated carbocycles. The number of guanidine groups is 1. The van der Waals surface area contributed by atoms with Gasteiger partial charge in [0.2, 0.25) is 17.8 Å². The van der Waals surface area contributed by atoms with Crippen molar-refractivity contribution in [3.8, 4) is 5.75 Å². The number of hydrogen-bond donors (Lipinski definition) is 2. The van der Waals surface area contributed by atoms with E-state index in [1.807, 2.05) is 30.0 Å². The van der Waals surface area contributed by atoms with Crippen molar-refractivity contribution >= 4 is 29.4 Å². The van der Waals surface area contributed by atoms with Gasteiger partial charge in [-0.15, -0.1) is 0 Å². The molecule has 9 heteroatoms. The summed E-state index contributed by atoms with van der Waals surface area (Å²) in [6.45, 7) is 2.56. The molecule has 2 aliphatic heterocycles. The Morgan fingerprint density at radius 2 is 2.06 bits per heavy atom. The lowest BCUT2D eigenvalue weighted by atomic mass is 9.94. The summed E-state index contributed by atoms with van der Waals surface area (Å²) in [4.78, 5) is 43.8. The number of aliphatic carboxylic acids is 1. The predicted octanol–water partition coefficient (Wildman–Crippen LogP) is 2.41. The summed E-state index contributed by atoms with van der Waals surface area (Å²) in [7, 11) is 0. The van der Waals surface area contributed by atoms with Crippen molar-refractivity contribution in [1.82, 2.24) is 15.1 Å². The number of aliphatic imine (C=N–C) groups is 1. The predicted molar refractivity (Wildman–Crippen MR) is 118 cm³/mol. The van der Waals surface area contributed by atoms with Gasteiger partial charge in [-0.05, 0) is 44.4 Å². The number of ether oxygens (including phenoxy) is 1. The molecule has 0 radical (unpaired) electrons. The molecular weight excluding hydrogens is 412 g/mol. The average Bonchev–Trinajstić information content (AvgIpc) is 3.06. The van der Waals surface area contributed by atoms with Crippen LogP contribution < -0.4 is 10.1 Å². The fraction of sp³-hybridized carbons (Fsp3) is 0.565. The van der Waals surface area contributed by atoms with Crippen molar-refractivity contribution in [2.45, 2.75) is 70.5 Å². The monoisotopic (exact) mass is 442 g/mol. The third kappa shape index (κ3) is 4.87. The summed E-state index contributed by atoms with van der Waals surface area (Å²) in [6, 6.07) is 5.40. The molecule has 3 aliphatic rings. The fourth-order valence-corrected chi connectivity index (χ4v) is 4.62. The number of rotatable bonds is 8. The molecule has 0 aromatic heterocycles. The number of carboxylic acids is 1. The second-order valence-electron chi connectivity index (χ2n) is 8.68. The summed E-state index contributed by atoms with van der Waals surface area (Å²) < 4.78 is 5.85. The van der Waals surface area contributed by atoms with E-state index in [1.165, 1.54) is 0 Å². The third-order valence-corrected chi connectivity index (χ3v) is 6.42. The highest BCUT2D eigenvalue weighted by Crippen LogP contribution is 2.32. The van der Waals surface area contributed by atoms with E-state index in [0.717, 1.165) is 43.4 Å². The lowest BCUT2D eigenvalue weighted by molar-refractivity contribution is -0.146. The highest BCUT2D eigenvalue weighted by atomic mass is 16.5. The SMILES string of the molecule is CC1C(=O)NC2=Nc3ccc(OCCCC(=O)N(CC(=O)O)C4CCCCC4)cc3CN21. The maximum atomic E-state index is 12.7. The van der Waals surface area contributed by atoms with E-state index in [4.69, 9.17) is 4.74 Å². The Morgan fingerprint density at radius 3 is 2.81 bits per heavy atom. The Labute approximate surface area is 187 Å². The van der Waals surface area contributed by atoms with Crippen LogP contribution >= 0.6 is 0 Å². The second kappa shape index (κ2) is 9.58. The Bertz CT molecular complexity index is 925. The molecule has 172 valence electrons. The summed E-state index contributed by atoms with van der Waals surface area (Å²) in [6.07, 6.45) is 5.78. The number of amides is 2. The van der Waals surface area contributed by atoms with Gasteiger partial charge in [0.15, 0.2) is 0 Å². The molecule has 1 aliphatic carbocycles. The number of carbonyl (C=O) groups is 3. The Morgan fingerprint density at radius 1 is 1.28 bits per heavy atom. The first-order chi connectivity index (χ1) is 15.4. The van der Waals surface area contributed by atoms with Gasteiger partial charge in [0.1, 0.15) is 18.3 Å². The summed E-state index contributed by atoms with van der Waals surface area (Å²) in [5.41, 5.74) is 1.79. The number of carbonyl (C=O) groups excluding carboxylic acids is 2. The van der Waals surface area contributed by atoms with Crippen molar-refractivity contribution in [3.05, 3.63) is 23.8 Å². The van der Waals surface area contributed by atoms with Gasteiger partial charge in [0.25, 0.3) is 0 Å². The average molecular weight is 443 g/mol. The minimum absolute atomic E-state index is 0.0358. The molecule has 2 amide bonds. The molecule has 2 fully saturated rings. The van der Waals surface area contributed by atoms with Crippen LogP contribution in [0.15, 0.2) is 23.2 Å². The number of benzene rings is 1.